The quantitative estimate of drug-likeness (QED) is 0.647. The van der Waals surface area contributed by atoms with Crippen molar-refractivity contribution in [3.05, 3.63) is 0 Å². The van der Waals surface area contributed by atoms with E-state index in [0.29, 0.717) is 19.5 Å². The van der Waals surface area contributed by atoms with Gasteiger partial charge in [0.1, 0.15) is 6.17 Å². The lowest BCUT2D eigenvalue weighted by Gasteiger charge is -2.28. The van der Waals surface area contributed by atoms with E-state index in [4.69, 9.17) is 0 Å². The molecule has 0 unspecified atom stereocenters. The number of amides is 1. The van der Waals surface area contributed by atoms with Gasteiger partial charge in [-0.15, -0.1) is 0 Å². The van der Waals surface area contributed by atoms with Crippen LogP contribution < -0.4 is 5.32 Å². The SMILES string of the molecule is CNCC(=O)N1CCC[C@H](F)C1. The van der Waals surface area contributed by atoms with Gasteiger partial charge < -0.3 is 10.2 Å². The predicted octanol–water partition coefficient (Wildman–Crippen LogP) is 0.166. The first-order valence-corrected chi connectivity index (χ1v) is 4.30. The number of hydrogen-bond acceptors (Lipinski definition) is 2. The van der Waals surface area contributed by atoms with Gasteiger partial charge in [-0.3, -0.25) is 4.79 Å². The Hall–Kier alpha value is -0.640. The molecule has 1 fully saturated rings. The van der Waals surface area contributed by atoms with Crippen molar-refractivity contribution >= 4 is 5.91 Å². The van der Waals surface area contributed by atoms with Gasteiger partial charge in [-0.25, -0.2) is 4.39 Å². The van der Waals surface area contributed by atoms with Crippen molar-refractivity contribution in [2.24, 2.45) is 0 Å². The molecule has 1 atom stereocenters. The van der Waals surface area contributed by atoms with E-state index in [0.717, 1.165) is 6.42 Å². The molecular formula is C8H15FN2O. The second-order valence-corrected chi connectivity index (χ2v) is 3.11. The number of carbonyl (C=O) groups is 1. The summed E-state index contributed by atoms with van der Waals surface area (Å²) in [4.78, 5) is 12.8. The first kappa shape index (κ1) is 9.45. The van der Waals surface area contributed by atoms with Crippen molar-refractivity contribution in [2.75, 3.05) is 26.7 Å². The first-order valence-electron chi connectivity index (χ1n) is 4.30. The second-order valence-electron chi connectivity index (χ2n) is 3.11. The maximum Gasteiger partial charge on any atom is 0.236 e. The van der Waals surface area contributed by atoms with E-state index in [1.807, 2.05) is 0 Å². The van der Waals surface area contributed by atoms with Crippen LogP contribution in [0.15, 0.2) is 0 Å². The van der Waals surface area contributed by atoms with Crippen molar-refractivity contribution < 1.29 is 9.18 Å². The van der Waals surface area contributed by atoms with Crippen LogP contribution in [0.3, 0.4) is 0 Å². The molecule has 1 rings (SSSR count). The standard InChI is InChI=1S/C8H15FN2O/c1-10-5-8(12)11-4-2-3-7(9)6-11/h7,10H,2-6H2,1H3/t7-/m0/s1. The molecule has 0 spiro atoms. The number of likely N-dealkylation sites (tertiary alicyclic amines) is 1. The fraction of sp³-hybridized carbons (Fsp3) is 0.875. The normalized spacial score (nSPS) is 24.2. The summed E-state index contributed by atoms with van der Waals surface area (Å²) in [5.41, 5.74) is 0. The molecule has 12 heavy (non-hydrogen) atoms. The van der Waals surface area contributed by atoms with E-state index in [1.54, 1.807) is 11.9 Å². The fourth-order valence-corrected chi connectivity index (χ4v) is 1.41. The molecular weight excluding hydrogens is 159 g/mol. The van der Waals surface area contributed by atoms with Crippen LogP contribution in [0.4, 0.5) is 4.39 Å². The number of hydrogen-bond donors (Lipinski definition) is 1. The van der Waals surface area contributed by atoms with Gasteiger partial charge in [-0.2, -0.15) is 0 Å². The highest BCUT2D eigenvalue weighted by Crippen LogP contribution is 2.12. The zero-order valence-corrected chi connectivity index (χ0v) is 7.35. The second kappa shape index (κ2) is 4.40. The van der Waals surface area contributed by atoms with E-state index in [1.165, 1.54) is 0 Å². The average Bonchev–Trinajstić information content (AvgIpc) is 2.05. The Labute approximate surface area is 71.9 Å². The van der Waals surface area contributed by atoms with Gasteiger partial charge in [-0.05, 0) is 19.9 Å². The minimum absolute atomic E-state index is 0.000139. The van der Waals surface area contributed by atoms with Gasteiger partial charge in [0.15, 0.2) is 0 Å². The molecule has 4 heteroatoms. The Morgan fingerprint density at radius 3 is 3.08 bits per heavy atom. The number of nitrogens with zero attached hydrogens (tertiary/aromatic N) is 1. The monoisotopic (exact) mass is 174 g/mol. The highest BCUT2D eigenvalue weighted by atomic mass is 19.1. The number of halogens is 1. The molecule has 3 nitrogen and oxygen atoms in total. The van der Waals surface area contributed by atoms with Crippen LogP contribution in [0, 0.1) is 0 Å². The number of likely N-dealkylation sites (N-methyl/N-ethyl adjacent to an activating group) is 1. The van der Waals surface area contributed by atoms with Gasteiger partial charge in [0, 0.05) is 6.54 Å². The highest BCUT2D eigenvalue weighted by Gasteiger charge is 2.22. The zero-order chi connectivity index (χ0) is 8.97. The van der Waals surface area contributed by atoms with E-state index < -0.39 is 6.17 Å². The van der Waals surface area contributed by atoms with Crippen LogP contribution in [0.1, 0.15) is 12.8 Å². The fourth-order valence-electron chi connectivity index (χ4n) is 1.41. The van der Waals surface area contributed by atoms with Crippen LogP contribution in [0.25, 0.3) is 0 Å². The number of carbonyl (C=O) groups excluding carboxylic acids is 1. The third kappa shape index (κ3) is 2.44. The molecule has 0 aromatic carbocycles. The third-order valence-electron chi connectivity index (χ3n) is 2.04. The van der Waals surface area contributed by atoms with Crippen LogP contribution in [-0.4, -0.2) is 43.7 Å². The van der Waals surface area contributed by atoms with Gasteiger partial charge in [0.2, 0.25) is 5.91 Å². The lowest BCUT2D eigenvalue weighted by molar-refractivity contribution is -0.132. The Balaban J connectivity index is 2.35. The topological polar surface area (TPSA) is 32.3 Å². The summed E-state index contributed by atoms with van der Waals surface area (Å²) in [6.45, 7) is 1.30. The van der Waals surface area contributed by atoms with Crippen molar-refractivity contribution in [2.45, 2.75) is 19.0 Å². The zero-order valence-electron chi connectivity index (χ0n) is 7.35. The van der Waals surface area contributed by atoms with Crippen LogP contribution >= 0.6 is 0 Å². The summed E-state index contributed by atoms with van der Waals surface area (Å²) in [6.07, 6.45) is 0.569. The van der Waals surface area contributed by atoms with E-state index in [9.17, 15) is 9.18 Å². The highest BCUT2D eigenvalue weighted by molar-refractivity contribution is 5.78. The first-order chi connectivity index (χ1) is 5.74. The van der Waals surface area contributed by atoms with Crippen molar-refractivity contribution in [3.8, 4) is 0 Å². The summed E-state index contributed by atoms with van der Waals surface area (Å²) in [5, 5.41) is 2.77. The van der Waals surface area contributed by atoms with E-state index >= 15 is 0 Å². The molecule has 0 radical (unpaired) electrons. The van der Waals surface area contributed by atoms with Crippen molar-refractivity contribution in [1.82, 2.24) is 10.2 Å². The summed E-state index contributed by atoms with van der Waals surface area (Å²) < 4.78 is 12.8. The largest absolute Gasteiger partial charge is 0.339 e. The minimum Gasteiger partial charge on any atom is -0.339 e. The molecule has 1 aliphatic rings. The van der Waals surface area contributed by atoms with E-state index in [2.05, 4.69) is 5.32 Å². The molecule has 0 aliphatic carbocycles. The molecule has 70 valence electrons. The minimum atomic E-state index is -0.820. The van der Waals surface area contributed by atoms with Crippen molar-refractivity contribution in [1.29, 1.82) is 0 Å². The molecule has 0 saturated carbocycles. The molecule has 1 saturated heterocycles. The lowest BCUT2D eigenvalue weighted by atomic mass is 10.1. The van der Waals surface area contributed by atoms with Crippen LogP contribution in [0.2, 0.25) is 0 Å². The molecule has 1 amide bonds. The molecule has 1 heterocycles. The number of alkyl halides is 1. The Morgan fingerprint density at radius 1 is 1.75 bits per heavy atom. The molecule has 1 aliphatic heterocycles. The van der Waals surface area contributed by atoms with Gasteiger partial charge in [0.25, 0.3) is 0 Å². The lowest BCUT2D eigenvalue weighted by Crippen LogP contribution is -2.44. The summed E-state index contributed by atoms with van der Waals surface area (Å²) in [7, 11) is 1.72. The van der Waals surface area contributed by atoms with Gasteiger partial charge in [0.05, 0.1) is 13.1 Å². The van der Waals surface area contributed by atoms with Crippen molar-refractivity contribution in [3.63, 3.8) is 0 Å². The smallest absolute Gasteiger partial charge is 0.236 e. The Kier molecular flexibility index (Phi) is 3.47. The van der Waals surface area contributed by atoms with Crippen LogP contribution in [-0.2, 0) is 4.79 Å². The average molecular weight is 174 g/mol. The Morgan fingerprint density at radius 2 is 2.50 bits per heavy atom. The molecule has 0 bridgehead atoms. The van der Waals surface area contributed by atoms with Gasteiger partial charge >= 0.3 is 0 Å². The maximum absolute atomic E-state index is 12.8. The number of piperidine rings is 1. The van der Waals surface area contributed by atoms with Gasteiger partial charge in [-0.1, -0.05) is 0 Å². The summed E-state index contributed by atoms with van der Waals surface area (Å²) in [6, 6.07) is 0. The molecule has 0 aromatic heterocycles. The molecule has 0 aromatic rings. The predicted molar refractivity (Wildman–Crippen MR) is 44.6 cm³/mol. The van der Waals surface area contributed by atoms with E-state index in [-0.39, 0.29) is 12.5 Å². The summed E-state index contributed by atoms with van der Waals surface area (Å²) >= 11 is 0. The summed E-state index contributed by atoms with van der Waals surface area (Å²) in [5.74, 6) is -0.000139. The Bertz CT molecular complexity index is 163. The number of nitrogens with one attached hydrogen (secondary N) is 1. The number of rotatable bonds is 2. The third-order valence-corrected chi connectivity index (χ3v) is 2.04. The van der Waals surface area contributed by atoms with Crippen LogP contribution in [0.5, 0.6) is 0 Å². The molecule has 1 N–H and O–H groups in total. The maximum atomic E-state index is 12.8.